The van der Waals surface area contributed by atoms with E-state index >= 15 is 0 Å². The van der Waals surface area contributed by atoms with Gasteiger partial charge in [-0.2, -0.15) is 0 Å². The molecule has 3 nitrogen and oxygen atoms in total. The zero-order valence-electron chi connectivity index (χ0n) is 13.3. The quantitative estimate of drug-likeness (QED) is 0.732. The van der Waals surface area contributed by atoms with Crippen molar-refractivity contribution in [3.63, 3.8) is 0 Å². The number of halogens is 2. The minimum absolute atomic E-state index is 0.120. The molecule has 0 aliphatic heterocycles. The topological polar surface area (TPSA) is 44.9 Å². The molecular weight excluding hydrogens is 310 g/mol. The second-order valence-electron chi connectivity index (χ2n) is 5.88. The summed E-state index contributed by atoms with van der Waals surface area (Å²) in [6.07, 6.45) is 2.45. The average molecular weight is 328 g/mol. The molecule has 0 bridgehead atoms. The van der Waals surface area contributed by atoms with E-state index in [0.717, 1.165) is 16.5 Å². The number of benzene rings is 2. The standard InChI is InChI=1S/C19H18F2N2O/c1-12(9-13-10-22-18-8-3-2-5-14(13)18)19(24)23-11-15-16(20)6-4-7-17(15)21/h2-8,10,12,22H,9,11H2,1H3,(H,23,24). The van der Waals surface area contributed by atoms with E-state index in [4.69, 9.17) is 0 Å². The van der Waals surface area contributed by atoms with Gasteiger partial charge >= 0.3 is 0 Å². The highest BCUT2D eigenvalue weighted by molar-refractivity contribution is 5.84. The van der Waals surface area contributed by atoms with Crippen LogP contribution in [0.2, 0.25) is 0 Å². The third-order valence-electron chi connectivity index (χ3n) is 4.15. The monoisotopic (exact) mass is 328 g/mol. The van der Waals surface area contributed by atoms with Crippen LogP contribution in [0.3, 0.4) is 0 Å². The van der Waals surface area contributed by atoms with Gasteiger partial charge < -0.3 is 10.3 Å². The Kier molecular flexibility index (Phi) is 4.60. The smallest absolute Gasteiger partial charge is 0.223 e. The number of nitrogens with one attached hydrogen (secondary N) is 2. The number of carbonyl (C=O) groups excluding carboxylic acids is 1. The fourth-order valence-corrected chi connectivity index (χ4v) is 2.77. The van der Waals surface area contributed by atoms with E-state index in [9.17, 15) is 13.6 Å². The first kappa shape index (κ1) is 16.2. The number of aromatic nitrogens is 1. The highest BCUT2D eigenvalue weighted by atomic mass is 19.1. The number of fused-ring (bicyclic) bond motifs is 1. The molecule has 1 heterocycles. The van der Waals surface area contributed by atoms with Gasteiger partial charge in [-0.15, -0.1) is 0 Å². The minimum Gasteiger partial charge on any atom is -0.361 e. The van der Waals surface area contributed by atoms with Gasteiger partial charge in [-0.25, -0.2) is 8.78 Å². The van der Waals surface area contributed by atoms with Crippen molar-refractivity contribution in [3.8, 4) is 0 Å². The van der Waals surface area contributed by atoms with Crippen LogP contribution in [0.5, 0.6) is 0 Å². The molecule has 0 fully saturated rings. The first-order chi connectivity index (χ1) is 11.6. The zero-order valence-corrected chi connectivity index (χ0v) is 13.3. The molecule has 1 unspecified atom stereocenters. The fraction of sp³-hybridized carbons (Fsp3) is 0.211. The number of aromatic amines is 1. The van der Waals surface area contributed by atoms with Crippen LogP contribution in [0.25, 0.3) is 10.9 Å². The third-order valence-corrected chi connectivity index (χ3v) is 4.15. The summed E-state index contributed by atoms with van der Waals surface area (Å²) in [5, 5.41) is 3.69. The van der Waals surface area contributed by atoms with Gasteiger partial charge in [-0.3, -0.25) is 4.79 Å². The largest absolute Gasteiger partial charge is 0.361 e. The van der Waals surface area contributed by atoms with Crippen molar-refractivity contribution in [2.24, 2.45) is 5.92 Å². The molecule has 0 spiro atoms. The van der Waals surface area contributed by atoms with Gasteiger partial charge in [0.1, 0.15) is 11.6 Å². The van der Waals surface area contributed by atoms with Crippen molar-refractivity contribution in [2.45, 2.75) is 19.9 Å². The lowest BCUT2D eigenvalue weighted by Gasteiger charge is -2.12. The lowest BCUT2D eigenvalue weighted by atomic mass is 10.00. The lowest BCUT2D eigenvalue weighted by Crippen LogP contribution is -2.30. The summed E-state index contributed by atoms with van der Waals surface area (Å²) >= 11 is 0. The number of hydrogen-bond acceptors (Lipinski definition) is 1. The Morgan fingerprint density at radius 2 is 1.83 bits per heavy atom. The second-order valence-corrected chi connectivity index (χ2v) is 5.88. The van der Waals surface area contributed by atoms with Gasteiger partial charge in [0.2, 0.25) is 5.91 Å². The number of rotatable bonds is 5. The van der Waals surface area contributed by atoms with Gasteiger partial charge in [-0.1, -0.05) is 31.2 Å². The van der Waals surface area contributed by atoms with Crippen molar-refractivity contribution >= 4 is 16.8 Å². The number of hydrogen-bond donors (Lipinski definition) is 2. The number of carbonyl (C=O) groups is 1. The molecule has 0 aliphatic rings. The van der Waals surface area contributed by atoms with Crippen molar-refractivity contribution in [3.05, 3.63) is 71.4 Å². The average Bonchev–Trinajstić information content (AvgIpc) is 2.97. The van der Waals surface area contributed by atoms with E-state index in [-0.39, 0.29) is 23.9 Å². The first-order valence-electron chi connectivity index (χ1n) is 7.82. The fourth-order valence-electron chi connectivity index (χ4n) is 2.77. The normalized spacial score (nSPS) is 12.3. The van der Waals surface area contributed by atoms with Crippen LogP contribution in [-0.2, 0) is 17.8 Å². The van der Waals surface area contributed by atoms with E-state index in [1.54, 1.807) is 6.92 Å². The highest BCUT2D eigenvalue weighted by Gasteiger charge is 2.17. The van der Waals surface area contributed by atoms with Gasteiger partial charge in [0.05, 0.1) is 0 Å². The summed E-state index contributed by atoms with van der Waals surface area (Å²) in [5.41, 5.74) is 1.95. The molecule has 1 amide bonds. The molecule has 3 aromatic rings. The molecule has 3 rings (SSSR count). The summed E-state index contributed by atoms with van der Waals surface area (Å²) in [6.45, 7) is 1.64. The number of para-hydroxylation sites is 1. The van der Waals surface area contributed by atoms with Crippen LogP contribution in [0.4, 0.5) is 8.78 Å². The molecule has 1 aromatic heterocycles. The first-order valence-corrected chi connectivity index (χ1v) is 7.82. The predicted octanol–water partition coefficient (Wildman–Crippen LogP) is 3.94. The molecule has 0 aliphatic carbocycles. The Balaban J connectivity index is 1.65. The van der Waals surface area contributed by atoms with E-state index < -0.39 is 11.6 Å². The molecule has 1 atom stereocenters. The maximum Gasteiger partial charge on any atom is 0.223 e. The van der Waals surface area contributed by atoms with Crippen LogP contribution in [0, 0.1) is 17.6 Å². The Morgan fingerprint density at radius 3 is 2.58 bits per heavy atom. The molecule has 124 valence electrons. The molecule has 0 saturated heterocycles. The summed E-state index contributed by atoms with van der Waals surface area (Å²) in [4.78, 5) is 15.4. The Labute approximate surface area is 138 Å². The second kappa shape index (κ2) is 6.83. The maximum atomic E-state index is 13.6. The third kappa shape index (κ3) is 3.30. The van der Waals surface area contributed by atoms with E-state index in [1.807, 2.05) is 30.5 Å². The van der Waals surface area contributed by atoms with E-state index in [1.165, 1.54) is 18.2 Å². The zero-order chi connectivity index (χ0) is 17.1. The Hall–Kier alpha value is -2.69. The molecule has 2 aromatic carbocycles. The number of amides is 1. The van der Waals surface area contributed by atoms with Gasteiger partial charge in [0.15, 0.2) is 0 Å². The summed E-state index contributed by atoms with van der Waals surface area (Å²) in [6, 6.07) is 11.5. The van der Waals surface area contributed by atoms with Crippen LogP contribution in [-0.4, -0.2) is 10.9 Å². The predicted molar refractivity (Wildman–Crippen MR) is 89.4 cm³/mol. The van der Waals surface area contributed by atoms with Crippen LogP contribution >= 0.6 is 0 Å². The SMILES string of the molecule is CC(Cc1c[nH]c2ccccc12)C(=O)NCc1c(F)cccc1F. The van der Waals surface area contributed by atoms with E-state index in [0.29, 0.717) is 6.42 Å². The van der Waals surface area contributed by atoms with Gasteiger partial charge in [-0.05, 0) is 30.2 Å². The van der Waals surface area contributed by atoms with Crippen molar-refractivity contribution in [1.29, 1.82) is 0 Å². The van der Waals surface area contributed by atoms with Crippen molar-refractivity contribution in [1.82, 2.24) is 10.3 Å². The minimum atomic E-state index is -0.653. The number of H-pyrrole nitrogens is 1. The van der Waals surface area contributed by atoms with Crippen LogP contribution in [0.15, 0.2) is 48.7 Å². The van der Waals surface area contributed by atoms with Crippen LogP contribution in [0.1, 0.15) is 18.1 Å². The summed E-state index contributed by atoms with van der Waals surface area (Å²) in [5.74, 6) is -1.85. The van der Waals surface area contributed by atoms with Crippen molar-refractivity contribution in [2.75, 3.05) is 0 Å². The maximum absolute atomic E-state index is 13.6. The molecule has 0 radical (unpaired) electrons. The Morgan fingerprint density at radius 1 is 1.12 bits per heavy atom. The summed E-state index contributed by atoms with van der Waals surface area (Å²) in [7, 11) is 0. The molecule has 5 heteroatoms. The van der Waals surface area contributed by atoms with Gasteiger partial charge in [0, 0.05) is 35.1 Å². The van der Waals surface area contributed by atoms with Crippen molar-refractivity contribution < 1.29 is 13.6 Å². The van der Waals surface area contributed by atoms with E-state index in [2.05, 4.69) is 10.3 Å². The summed E-state index contributed by atoms with van der Waals surface area (Å²) < 4.78 is 27.2. The molecular formula is C19H18F2N2O. The highest BCUT2D eigenvalue weighted by Crippen LogP contribution is 2.21. The Bertz CT molecular complexity index is 852. The molecule has 24 heavy (non-hydrogen) atoms. The van der Waals surface area contributed by atoms with Crippen LogP contribution < -0.4 is 5.32 Å². The lowest BCUT2D eigenvalue weighted by molar-refractivity contribution is -0.124. The molecule has 0 saturated carbocycles. The molecule has 2 N–H and O–H groups in total. The van der Waals surface area contributed by atoms with Gasteiger partial charge in [0.25, 0.3) is 0 Å².